The second-order valence-corrected chi connectivity index (χ2v) is 6.04. The van der Waals surface area contributed by atoms with Crippen LogP contribution in [0.15, 0.2) is 42.2 Å². The second kappa shape index (κ2) is 5.73. The minimum atomic E-state index is 0.277. The maximum atomic E-state index is 4.50. The number of thiophene rings is 1. The molecule has 0 bridgehead atoms. The summed E-state index contributed by atoms with van der Waals surface area (Å²) in [5, 5.41) is 9.91. The smallest absolute Gasteiger partial charge is 0.0809 e. The van der Waals surface area contributed by atoms with Gasteiger partial charge in [0.25, 0.3) is 0 Å². The maximum Gasteiger partial charge on any atom is 0.0809 e. The first kappa shape index (κ1) is 13.3. The molecule has 5 heteroatoms. The van der Waals surface area contributed by atoms with Gasteiger partial charge in [0, 0.05) is 30.7 Å². The molecule has 0 saturated heterocycles. The maximum absolute atomic E-state index is 4.50. The van der Waals surface area contributed by atoms with Gasteiger partial charge in [0.15, 0.2) is 0 Å². The molecule has 0 saturated carbocycles. The summed E-state index contributed by atoms with van der Waals surface area (Å²) in [5.41, 5.74) is 2.31. The van der Waals surface area contributed by atoms with Crippen molar-refractivity contribution in [3.8, 4) is 0 Å². The fraction of sp³-hybridized carbons (Fsp3) is 0.333. The highest BCUT2D eigenvalue weighted by Gasteiger charge is 2.11. The molecule has 0 aliphatic heterocycles. The predicted molar refractivity (Wildman–Crippen MR) is 82.9 cm³/mol. The monoisotopic (exact) mass is 286 g/mol. The van der Waals surface area contributed by atoms with Crippen LogP contribution in [0.1, 0.15) is 25.5 Å². The third kappa shape index (κ3) is 2.89. The van der Waals surface area contributed by atoms with Crippen molar-refractivity contribution in [3.05, 3.63) is 47.7 Å². The van der Waals surface area contributed by atoms with Crippen molar-refractivity contribution in [3.63, 3.8) is 0 Å². The summed E-state index contributed by atoms with van der Waals surface area (Å²) in [6.07, 6.45) is 5.76. The molecule has 0 spiro atoms. The van der Waals surface area contributed by atoms with Crippen LogP contribution in [0, 0.1) is 0 Å². The molecular weight excluding hydrogens is 268 g/mol. The normalized spacial score (nSPS) is 14.5. The zero-order chi connectivity index (χ0) is 13.9. The average molecular weight is 286 g/mol. The summed E-state index contributed by atoms with van der Waals surface area (Å²) in [6, 6.07) is 6.86. The van der Waals surface area contributed by atoms with Crippen molar-refractivity contribution in [2.24, 2.45) is 0 Å². The van der Waals surface area contributed by atoms with Gasteiger partial charge in [-0.2, -0.15) is 5.10 Å². The molecule has 0 aliphatic carbocycles. The first-order valence-electron chi connectivity index (χ1n) is 6.79. The molecule has 0 aromatic carbocycles. The Labute approximate surface area is 122 Å². The lowest BCUT2D eigenvalue weighted by atomic mass is 10.1. The topological polar surface area (TPSA) is 42.7 Å². The molecule has 0 amide bonds. The number of hydrogen-bond donors (Lipinski definition) is 1. The Kier molecular flexibility index (Phi) is 3.80. The molecule has 1 N–H and O–H groups in total. The molecule has 3 aromatic rings. The molecule has 3 rings (SSSR count). The van der Waals surface area contributed by atoms with Gasteiger partial charge < -0.3 is 5.32 Å². The predicted octanol–water partition coefficient (Wildman–Crippen LogP) is 3.23. The summed E-state index contributed by atoms with van der Waals surface area (Å²) in [5.74, 6) is 0. The first-order chi connectivity index (χ1) is 9.72. The van der Waals surface area contributed by atoms with E-state index in [2.05, 4.69) is 46.8 Å². The van der Waals surface area contributed by atoms with Crippen LogP contribution < -0.4 is 5.32 Å². The number of hydrogen-bond acceptors (Lipinski definition) is 4. The SMILES string of the molecule is CC(Cn1cccn1)NC(C)c1cnc2ccsc2c1. The molecule has 104 valence electrons. The van der Waals surface area contributed by atoms with Gasteiger partial charge >= 0.3 is 0 Å². The van der Waals surface area contributed by atoms with Gasteiger partial charge in [-0.3, -0.25) is 9.67 Å². The van der Waals surface area contributed by atoms with E-state index in [0.29, 0.717) is 6.04 Å². The number of nitrogens with zero attached hydrogens (tertiary/aromatic N) is 3. The largest absolute Gasteiger partial charge is 0.306 e. The van der Waals surface area contributed by atoms with E-state index in [1.807, 2.05) is 29.3 Å². The molecule has 3 aromatic heterocycles. The number of pyridine rings is 1. The van der Waals surface area contributed by atoms with Gasteiger partial charge in [-0.25, -0.2) is 0 Å². The van der Waals surface area contributed by atoms with E-state index in [-0.39, 0.29) is 6.04 Å². The van der Waals surface area contributed by atoms with Gasteiger partial charge in [-0.1, -0.05) is 0 Å². The lowest BCUT2D eigenvalue weighted by Crippen LogP contribution is -2.32. The first-order valence-corrected chi connectivity index (χ1v) is 7.67. The fourth-order valence-electron chi connectivity index (χ4n) is 2.36. The number of nitrogens with one attached hydrogen (secondary N) is 1. The minimum absolute atomic E-state index is 0.277. The van der Waals surface area contributed by atoms with Gasteiger partial charge in [0.1, 0.15) is 0 Å². The van der Waals surface area contributed by atoms with E-state index >= 15 is 0 Å². The second-order valence-electron chi connectivity index (χ2n) is 5.09. The van der Waals surface area contributed by atoms with E-state index in [9.17, 15) is 0 Å². The molecule has 0 radical (unpaired) electrons. The van der Waals surface area contributed by atoms with Gasteiger partial charge in [0.05, 0.1) is 16.8 Å². The third-order valence-electron chi connectivity index (χ3n) is 3.38. The zero-order valence-electron chi connectivity index (χ0n) is 11.7. The van der Waals surface area contributed by atoms with Gasteiger partial charge in [-0.05, 0) is 43.0 Å². The van der Waals surface area contributed by atoms with Crippen LogP contribution in [0.25, 0.3) is 10.2 Å². The van der Waals surface area contributed by atoms with Crippen LogP contribution in [0.5, 0.6) is 0 Å². The molecule has 20 heavy (non-hydrogen) atoms. The fourth-order valence-corrected chi connectivity index (χ4v) is 3.15. The Hall–Kier alpha value is -1.72. The molecule has 2 unspecified atom stereocenters. The summed E-state index contributed by atoms with van der Waals surface area (Å²) in [6.45, 7) is 5.22. The quantitative estimate of drug-likeness (QED) is 0.783. The Morgan fingerprint density at radius 2 is 2.30 bits per heavy atom. The Morgan fingerprint density at radius 1 is 1.40 bits per heavy atom. The number of fused-ring (bicyclic) bond motifs is 1. The van der Waals surface area contributed by atoms with E-state index in [1.165, 1.54) is 10.3 Å². The van der Waals surface area contributed by atoms with Crippen LogP contribution >= 0.6 is 11.3 Å². The Balaban J connectivity index is 1.67. The van der Waals surface area contributed by atoms with E-state index in [1.54, 1.807) is 11.3 Å². The van der Waals surface area contributed by atoms with E-state index < -0.39 is 0 Å². The molecule has 4 nitrogen and oxygen atoms in total. The van der Waals surface area contributed by atoms with E-state index in [4.69, 9.17) is 0 Å². The minimum Gasteiger partial charge on any atom is -0.306 e. The standard InChI is InChI=1S/C15H18N4S/c1-11(10-19-6-3-5-17-19)18-12(2)13-8-15-14(16-9-13)4-7-20-15/h3-9,11-12,18H,10H2,1-2H3. The summed E-state index contributed by atoms with van der Waals surface area (Å²) >= 11 is 1.74. The van der Waals surface area contributed by atoms with Crippen molar-refractivity contribution in [2.75, 3.05) is 0 Å². The molecular formula is C15H18N4S. The van der Waals surface area contributed by atoms with Gasteiger partial charge in [0.2, 0.25) is 0 Å². The van der Waals surface area contributed by atoms with Crippen LogP contribution in [0.4, 0.5) is 0 Å². The third-order valence-corrected chi connectivity index (χ3v) is 4.23. The van der Waals surface area contributed by atoms with Crippen molar-refractivity contribution in [1.82, 2.24) is 20.1 Å². The highest BCUT2D eigenvalue weighted by molar-refractivity contribution is 7.17. The summed E-state index contributed by atoms with van der Waals surface area (Å²) < 4.78 is 3.20. The molecule has 3 heterocycles. The average Bonchev–Trinajstić information content (AvgIpc) is 3.07. The van der Waals surface area contributed by atoms with Crippen LogP contribution in [-0.4, -0.2) is 20.8 Å². The van der Waals surface area contributed by atoms with Crippen LogP contribution in [0.3, 0.4) is 0 Å². The Bertz CT molecular complexity index is 674. The van der Waals surface area contributed by atoms with Crippen molar-refractivity contribution in [1.29, 1.82) is 0 Å². The van der Waals surface area contributed by atoms with Crippen LogP contribution in [0.2, 0.25) is 0 Å². The van der Waals surface area contributed by atoms with Gasteiger partial charge in [-0.15, -0.1) is 11.3 Å². The van der Waals surface area contributed by atoms with E-state index in [0.717, 1.165) is 12.1 Å². The zero-order valence-corrected chi connectivity index (χ0v) is 12.5. The number of rotatable bonds is 5. The number of aromatic nitrogens is 3. The van der Waals surface area contributed by atoms with Crippen LogP contribution in [-0.2, 0) is 6.54 Å². The van der Waals surface area contributed by atoms with Crippen molar-refractivity contribution < 1.29 is 0 Å². The molecule has 0 aliphatic rings. The molecule has 0 fully saturated rings. The summed E-state index contributed by atoms with van der Waals surface area (Å²) in [4.78, 5) is 4.50. The highest BCUT2D eigenvalue weighted by atomic mass is 32.1. The lowest BCUT2D eigenvalue weighted by molar-refractivity contribution is 0.413. The van der Waals surface area contributed by atoms with Crippen molar-refractivity contribution >= 4 is 21.6 Å². The lowest BCUT2D eigenvalue weighted by Gasteiger charge is -2.20. The highest BCUT2D eigenvalue weighted by Crippen LogP contribution is 2.22. The molecule has 2 atom stereocenters. The summed E-state index contributed by atoms with van der Waals surface area (Å²) in [7, 11) is 0. The Morgan fingerprint density at radius 3 is 3.10 bits per heavy atom. The van der Waals surface area contributed by atoms with Crippen molar-refractivity contribution in [2.45, 2.75) is 32.5 Å².